The first-order chi connectivity index (χ1) is 29.1. The standard InChI is InChI=1S/C53H43N5O/c1-34-24-26-35(27-25-34)33-55-53(56-52(54-2)36-14-5-3-6-15-36)37-28-29-41-42-20-13-23-47(51(42)59-50(41)30-37)58-46-22-12-10-19-40(46)44-31-43-39-18-9-11-21-45(39)57(48(43)32-49(44)58)38-16-7-4-8-17-38/h3-7,9-16,18-24,26-32,34,41,50H,2,8,17,25,33H2,1H3. The highest BCUT2D eigenvalue weighted by molar-refractivity contribution is 6.20. The Balaban J connectivity index is 1.03. The van der Waals surface area contributed by atoms with Gasteiger partial charge in [-0.1, -0.05) is 128 Å². The summed E-state index contributed by atoms with van der Waals surface area (Å²) in [6.45, 7) is 6.64. The highest BCUT2D eigenvalue weighted by atomic mass is 16.5. The second kappa shape index (κ2) is 14.4. The van der Waals surface area contributed by atoms with Crippen LogP contribution in [0.25, 0.3) is 55.0 Å². The monoisotopic (exact) mass is 765 g/mol. The fraction of sp³-hybridized carbons (Fsp3) is 0.151. The van der Waals surface area contributed by atoms with E-state index in [2.05, 4.69) is 161 Å². The third-order valence-corrected chi connectivity index (χ3v) is 12.3. The third-order valence-electron chi connectivity index (χ3n) is 12.3. The van der Waals surface area contributed by atoms with E-state index in [9.17, 15) is 0 Å². The van der Waals surface area contributed by atoms with Gasteiger partial charge in [0, 0.05) is 49.9 Å². The molecule has 0 radical (unpaired) electrons. The number of amidine groups is 2. The molecule has 286 valence electrons. The number of ether oxygens (including phenoxy) is 1. The average molecular weight is 766 g/mol. The van der Waals surface area contributed by atoms with Gasteiger partial charge in [-0.3, -0.25) is 4.99 Å². The largest absolute Gasteiger partial charge is 0.483 e. The van der Waals surface area contributed by atoms with Crippen LogP contribution < -0.4 is 4.74 Å². The maximum absolute atomic E-state index is 7.09. The third kappa shape index (κ3) is 5.97. The van der Waals surface area contributed by atoms with Gasteiger partial charge in [0.05, 0.1) is 34.3 Å². The van der Waals surface area contributed by atoms with E-state index >= 15 is 0 Å². The molecule has 3 unspecified atom stereocenters. The van der Waals surface area contributed by atoms with Crippen LogP contribution in [0.3, 0.4) is 0 Å². The van der Waals surface area contributed by atoms with E-state index in [1.807, 2.05) is 30.3 Å². The number of fused-ring (bicyclic) bond motifs is 9. The molecule has 7 aromatic rings. The van der Waals surface area contributed by atoms with Gasteiger partial charge in [-0.05, 0) is 80.0 Å². The highest BCUT2D eigenvalue weighted by Crippen LogP contribution is 2.48. The zero-order valence-electron chi connectivity index (χ0n) is 33.0. The summed E-state index contributed by atoms with van der Waals surface area (Å²) in [4.78, 5) is 14.5. The molecule has 3 aliphatic carbocycles. The molecule has 5 aromatic carbocycles. The molecule has 4 aliphatic rings. The van der Waals surface area contributed by atoms with Gasteiger partial charge in [-0.15, -0.1) is 0 Å². The Hall–Kier alpha value is -7.05. The summed E-state index contributed by atoms with van der Waals surface area (Å²) in [6, 6.07) is 38.9. The van der Waals surface area contributed by atoms with Gasteiger partial charge in [-0.25, -0.2) is 9.98 Å². The quantitative estimate of drug-likeness (QED) is 0.123. The maximum atomic E-state index is 7.09. The lowest BCUT2D eigenvalue weighted by atomic mass is 9.89. The molecule has 0 fully saturated rings. The maximum Gasteiger partial charge on any atom is 0.161 e. The van der Waals surface area contributed by atoms with Crippen molar-refractivity contribution in [2.45, 2.75) is 38.2 Å². The minimum absolute atomic E-state index is 0.0455. The van der Waals surface area contributed by atoms with Crippen LogP contribution in [0.15, 0.2) is 190 Å². The Labute approximate surface area is 343 Å². The minimum atomic E-state index is -0.230. The van der Waals surface area contributed by atoms with Crippen LogP contribution in [0.4, 0.5) is 0 Å². The number of benzene rings is 5. The van der Waals surface area contributed by atoms with E-state index in [4.69, 9.17) is 14.7 Å². The molecule has 0 amide bonds. The molecule has 6 heteroatoms. The Bertz CT molecular complexity index is 3120. The minimum Gasteiger partial charge on any atom is -0.483 e. The molecule has 0 saturated carbocycles. The Morgan fingerprint density at radius 3 is 2.27 bits per heavy atom. The van der Waals surface area contributed by atoms with E-state index in [1.165, 1.54) is 49.4 Å². The van der Waals surface area contributed by atoms with E-state index < -0.39 is 0 Å². The molecule has 11 rings (SSSR count). The van der Waals surface area contributed by atoms with Gasteiger partial charge in [-0.2, -0.15) is 0 Å². The van der Waals surface area contributed by atoms with Crippen LogP contribution >= 0.6 is 0 Å². The van der Waals surface area contributed by atoms with Crippen LogP contribution in [0.1, 0.15) is 43.2 Å². The number of rotatable bonds is 6. The predicted molar refractivity (Wildman–Crippen MR) is 247 cm³/mol. The number of aromatic nitrogens is 2. The van der Waals surface area contributed by atoms with Crippen molar-refractivity contribution >= 4 is 67.7 Å². The summed E-state index contributed by atoms with van der Waals surface area (Å²) in [6.07, 6.45) is 22.9. The zero-order chi connectivity index (χ0) is 39.5. The molecule has 0 bridgehead atoms. The second-order valence-electron chi connectivity index (χ2n) is 16.0. The number of hydrogen-bond donors (Lipinski definition) is 0. The van der Waals surface area contributed by atoms with E-state index in [1.54, 1.807) is 0 Å². The smallest absolute Gasteiger partial charge is 0.161 e. The van der Waals surface area contributed by atoms with Gasteiger partial charge in [0.25, 0.3) is 0 Å². The van der Waals surface area contributed by atoms with Crippen LogP contribution in [0.5, 0.6) is 5.75 Å². The normalized spacial score (nSPS) is 20.2. The molecular weight excluding hydrogens is 723 g/mol. The first-order valence-electron chi connectivity index (χ1n) is 20.7. The molecule has 0 saturated heterocycles. The summed E-state index contributed by atoms with van der Waals surface area (Å²) in [7, 11) is 0. The Morgan fingerprint density at radius 1 is 0.763 bits per heavy atom. The zero-order valence-corrected chi connectivity index (χ0v) is 33.0. The van der Waals surface area contributed by atoms with Gasteiger partial charge >= 0.3 is 0 Å². The second-order valence-corrected chi connectivity index (χ2v) is 16.0. The van der Waals surface area contributed by atoms with Gasteiger partial charge in [0.1, 0.15) is 11.9 Å². The van der Waals surface area contributed by atoms with Crippen LogP contribution in [-0.2, 0) is 0 Å². The molecular formula is C53H43N5O. The summed E-state index contributed by atoms with van der Waals surface area (Å²) in [5.41, 5.74) is 11.3. The molecule has 2 aromatic heterocycles. The first kappa shape index (κ1) is 35.1. The van der Waals surface area contributed by atoms with Crippen molar-refractivity contribution in [1.82, 2.24) is 9.13 Å². The van der Waals surface area contributed by atoms with Gasteiger partial charge in [0.15, 0.2) is 11.7 Å². The topological polar surface area (TPSA) is 56.2 Å². The SMILES string of the molecule is C=NC(=NC(=NCC1=CCC(C)C=C1)C1=CC2Oc3c(cccc3-n3c4ccccc4c4cc5c6ccccc6n(C6=CC=CCC6)c5cc43)C2C=C1)c1ccccc1. The fourth-order valence-corrected chi connectivity index (χ4v) is 9.34. The van der Waals surface area contributed by atoms with Crippen molar-refractivity contribution in [1.29, 1.82) is 0 Å². The van der Waals surface area contributed by atoms with Crippen molar-refractivity contribution in [2.24, 2.45) is 20.9 Å². The summed E-state index contributed by atoms with van der Waals surface area (Å²) in [5, 5.41) is 4.98. The number of hydrogen-bond acceptors (Lipinski definition) is 2. The van der Waals surface area contributed by atoms with Crippen LogP contribution in [0, 0.1) is 5.92 Å². The van der Waals surface area contributed by atoms with Crippen molar-refractivity contribution < 1.29 is 4.74 Å². The molecule has 59 heavy (non-hydrogen) atoms. The van der Waals surface area contributed by atoms with Crippen LogP contribution in [-0.4, -0.2) is 40.2 Å². The predicted octanol–water partition coefficient (Wildman–Crippen LogP) is 12.5. The average Bonchev–Trinajstić information content (AvgIpc) is 3.94. The van der Waals surface area contributed by atoms with E-state index in [0.29, 0.717) is 24.1 Å². The summed E-state index contributed by atoms with van der Waals surface area (Å²) >= 11 is 0. The van der Waals surface area contributed by atoms with E-state index in [0.717, 1.165) is 52.9 Å². The van der Waals surface area contributed by atoms with E-state index in [-0.39, 0.29) is 12.0 Å². The van der Waals surface area contributed by atoms with Crippen molar-refractivity contribution in [3.63, 3.8) is 0 Å². The summed E-state index contributed by atoms with van der Waals surface area (Å²) < 4.78 is 12.0. The number of allylic oxidation sites excluding steroid dienone is 6. The highest BCUT2D eigenvalue weighted by Gasteiger charge is 2.36. The number of nitrogens with zero attached hydrogens (tertiary/aromatic N) is 5. The molecule has 6 nitrogen and oxygen atoms in total. The summed E-state index contributed by atoms with van der Waals surface area (Å²) in [5.74, 6) is 2.64. The Morgan fingerprint density at radius 2 is 1.53 bits per heavy atom. The molecule has 3 atom stereocenters. The van der Waals surface area contributed by atoms with Gasteiger partial charge in [0.2, 0.25) is 0 Å². The molecule has 3 heterocycles. The lowest BCUT2D eigenvalue weighted by molar-refractivity contribution is 0.268. The van der Waals surface area contributed by atoms with Crippen LogP contribution in [0.2, 0.25) is 0 Å². The van der Waals surface area contributed by atoms with Crippen molar-refractivity contribution in [3.05, 3.63) is 186 Å². The molecule has 0 N–H and O–H groups in total. The first-order valence-corrected chi connectivity index (χ1v) is 20.7. The number of aliphatic imine (C=N–C) groups is 3. The lowest BCUT2D eigenvalue weighted by Gasteiger charge is -2.19. The Kier molecular flexibility index (Phi) is 8.58. The van der Waals surface area contributed by atoms with Gasteiger partial charge < -0.3 is 13.9 Å². The molecule has 1 aliphatic heterocycles. The van der Waals surface area contributed by atoms with Crippen molar-refractivity contribution in [3.8, 4) is 11.4 Å². The lowest BCUT2D eigenvalue weighted by Crippen LogP contribution is -2.20. The number of para-hydroxylation sites is 3. The van der Waals surface area contributed by atoms with Crippen molar-refractivity contribution in [2.75, 3.05) is 6.54 Å². The fourth-order valence-electron chi connectivity index (χ4n) is 9.34. The molecule has 0 spiro atoms.